The third-order valence-corrected chi connectivity index (χ3v) is 6.47. The van der Waals surface area contributed by atoms with Gasteiger partial charge in [0, 0.05) is 51.0 Å². The Labute approximate surface area is 167 Å². The van der Waals surface area contributed by atoms with Crippen LogP contribution in [-0.2, 0) is 9.53 Å². The van der Waals surface area contributed by atoms with Gasteiger partial charge in [-0.05, 0) is 37.7 Å². The Morgan fingerprint density at radius 2 is 2.03 bits per heavy atom. The lowest BCUT2D eigenvalue weighted by Gasteiger charge is -2.29. The number of carbonyl (C=O) groups excluding carboxylic acids is 2. The molecule has 0 aliphatic carbocycles. The average molecular weight is 399 g/mol. The maximum absolute atomic E-state index is 13.3. The van der Waals surface area contributed by atoms with E-state index >= 15 is 0 Å². The van der Waals surface area contributed by atoms with Crippen molar-refractivity contribution in [1.29, 1.82) is 0 Å². The lowest BCUT2D eigenvalue weighted by Crippen LogP contribution is -2.44. The number of imidazole rings is 1. The molecule has 9 nitrogen and oxygen atoms in total. The number of amides is 2. The van der Waals surface area contributed by atoms with Crippen molar-refractivity contribution in [2.75, 3.05) is 26.3 Å². The van der Waals surface area contributed by atoms with Gasteiger partial charge in [0.05, 0.1) is 11.1 Å². The highest BCUT2D eigenvalue weighted by molar-refractivity contribution is 5.97. The van der Waals surface area contributed by atoms with Gasteiger partial charge in [-0.1, -0.05) is 0 Å². The standard InChI is InChI=1S/C20H25N5O4/c26-17(7-12-4-6-29-11-12)24-5-3-14-1-2-15(10-24)25(14)19(27)13-8-16-18(21-9-13)23-20(28)22-16/h8-9,12,14-15H,1-7,10-11H2,(H2,21,22,23,28)/t12-,14?,15?/m1/s1. The maximum Gasteiger partial charge on any atom is 0.325 e. The fourth-order valence-corrected chi connectivity index (χ4v) is 4.94. The van der Waals surface area contributed by atoms with Gasteiger partial charge in [-0.2, -0.15) is 0 Å². The first-order valence-electron chi connectivity index (χ1n) is 10.3. The first kappa shape index (κ1) is 18.4. The second-order valence-corrected chi connectivity index (χ2v) is 8.36. The summed E-state index contributed by atoms with van der Waals surface area (Å²) in [4.78, 5) is 50.9. The van der Waals surface area contributed by atoms with E-state index in [1.807, 2.05) is 9.80 Å². The van der Waals surface area contributed by atoms with Crippen LogP contribution in [0.25, 0.3) is 11.2 Å². The van der Waals surface area contributed by atoms with Crippen molar-refractivity contribution < 1.29 is 14.3 Å². The largest absolute Gasteiger partial charge is 0.381 e. The highest BCUT2D eigenvalue weighted by Gasteiger charge is 2.41. The highest BCUT2D eigenvalue weighted by Crippen LogP contribution is 2.32. The molecule has 9 heteroatoms. The van der Waals surface area contributed by atoms with E-state index in [0.717, 1.165) is 32.3 Å². The molecule has 0 spiro atoms. The van der Waals surface area contributed by atoms with E-state index in [-0.39, 0.29) is 29.6 Å². The smallest absolute Gasteiger partial charge is 0.325 e. The molecular weight excluding hydrogens is 374 g/mol. The van der Waals surface area contributed by atoms with Crippen LogP contribution in [-0.4, -0.2) is 75.0 Å². The molecule has 5 heterocycles. The minimum atomic E-state index is -0.339. The summed E-state index contributed by atoms with van der Waals surface area (Å²) in [5.74, 6) is 0.419. The number of H-pyrrole nitrogens is 2. The molecule has 0 saturated carbocycles. The third kappa shape index (κ3) is 3.43. The Morgan fingerprint density at radius 3 is 2.86 bits per heavy atom. The summed E-state index contributed by atoms with van der Waals surface area (Å²) in [5.41, 5.74) is 1.10. The minimum Gasteiger partial charge on any atom is -0.381 e. The van der Waals surface area contributed by atoms with Crippen LogP contribution in [0.4, 0.5) is 0 Å². The number of aromatic nitrogens is 3. The van der Waals surface area contributed by atoms with Crippen molar-refractivity contribution in [2.45, 2.75) is 44.2 Å². The normalized spacial score (nSPS) is 26.8. The van der Waals surface area contributed by atoms with E-state index in [9.17, 15) is 14.4 Å². The second-order valence-electron chi connectivity index (χ2n) is 8.36. The van der Waals surface area contributed by atoms with E-state index in [4.69, 9.17) is 4.74 Å². The lowest BCUT2D eigenvalue weighted by atomic mass is 10.0. The molecule has 154 valence electrons. The number of nitrogens with one attached hydrogen (secondary N) is 2. The van der Waals surface area contributed by atoms with E-state index in [1.54, 1.807) is 6.07 Å². The van der Waals surface area contributed by atoms with Gasteiger partial charge in [0.1, 0.15) is 0 Å². The first-order chi connectivity index (χ1) is 14.1. The molecule has 2 aromatic heterocycles. The van der Waals surface area contributed by atoms with Crippen molar-refractivity contribution in [3.05, 3.63) is 28.3 Å². The quantitative estimate of drug-likeness (QED) is 0.796. The summed E-state index contributed by atoms with van der Waals surface area (Å²) in [5, 5.41) is 0. The van der Waals surface area contributed by atoms with E-state index in [1.165, 1.54) is 6.20 Å². The summed E-state index contributed by atoms with van der Waals surface area (Å²) < 4.78 is 5.40. The molecule has 2 unspecified atom stereocenters. The number of hydrogen-bond acceptors (Lipinski definition) is 5. The first-order valence-corrected chi connectivity index (χ1v) is 10.3. The van der Waals surface area contributed by atoms with Crippen molar-refractivity contribution in [2.24, 2.45) is 5.92 Å². The van der Waals surface area contributed by atoms with E-state index < -0.39 is 0 Å². The summed E-state index contributed by atoms with van der Waals surface area (Å²) in [6, 6.07) is 1.84. The zero-order chi connectivity index (χ0) is 20.0. The zero-order valence-corrected chi connectivity index (χ0v) is 16.2. The Balaban J connectivity index is 1.33. The van der Waals surface area contributed by atoms with Crippen LogP contribution in [0.15, 0.2) is 17.1 Å². The summed E-state index contributed by atoms with van der Waals surface area (Å²) >= 11 is 0. The number of fused-ring (bicyclic) bond motifs is 3. The number of hydrogen-bond donors (Lipinski definition) is 2. The molecule has 2 N–H and O–H groups in total. The van der Waals surface area contributed by atoms with E-state index in [2.05, 4.69) is 15.0 Å². The average Bonchev–Trinajstić information content (AvgIpc) is 3.38. The number of carbonyl (C=O) groups is 2. The van der Waals surface area contributed by atoms with Crippen LogP contribution in [0.2, 0.25) is 0 Å². The van der Waals surface area contributed by atoms with Gasteiger partial charge in [0.2, 0.25) is 5.91 Å². The number of ether oxygens (including phenoxy) is 1. The van der Waals surface area contributed by atoms with Crippen molar-refractivity contribution in [3.63, 3.8) is 0 Å². The van der Waals surface area contributed by atoms with Crippen LogP contribution in [0.1, 0.15) is 42.5 Å². The number of likely N-dealkylation sites (tertiary alicyclic amines) is 1. The van der Waals surface area contributed by atoms with Gasteiger partial charge in [-0.25, -0.2) is 9.78 Å². The third-order valence-electron chi connectivity index (χ3n) is 6.47. The van der Waals surface area contributed by atoms with Crippen molar-refractivity contribution in [3.8, 4) is 0 Å². The Kier molecular flexibility index (Phi) is 4.61. The Hall–Kier alpha value is -2.68. The van der Waals surface area contributed by atoms with Crippen LogP contribution >= 0.6 is 0 Å². The lowest BCUT2D eigenvalue weighted by molar-refractivity contribution is -0.132. The van der Waals surface area contributed by atoms with Crippen LogP contribution < -0.4 is 5.69 Å². The van der Waals surface area contributed by atoms with Crippen molar-refractivity contribution in [1.82, 2.24) is 24.8 Å². The molecule has 0 aromatic carbocycles. The molecule has 2 aromatic rings. The number of rotatable bonds is 3. The molecule has 3 aliphatic heterocycles. The van der Waals surface area contributed by atoms with Gasteiger partial charge < -0.3 is 19.5 Å². The predicted octanol–water partition coefficient (Wildman–Crippen LogP) is 0.883. The molecule has 0 radical (unpaired) electrons. The molecule has 3 atom stereocenters. The Bertz CT molecular complexity index is 992. The fourth-order valence-electron chi connectivity index (χ4n) is 4.94. The van der Waals surface area contributed by atoms with Gasteiger partial charge in [0.25, 0.3) is 5.91 Å². The highest BCUT2D eigenvalue weighted by atomic mass is 16.5. The SMILES string of the molecule is O=C(C[C@H]1CCOC1)N1CCC2CCC(C1)N2C(=O)c1cnc2[nH]c(=O)[nH]c2c1. The zero-order valence-electron chi connectivity index (χ0n) is 16.2. The monoisotopic (exact) mass is 399 g/mol. The molecule has 3 aliphatic rings. The number of nitrogens with zero attached hydrogens (tertiary/aromatic N) is 3. The van der Waals surface area contributed by atoms with Crippen LogP contribution in [0, 0.1) is 5.92 Å². The Morgan fingerprint density at radius 1 is 1.17 bits per heavy atom. The fraction of sp³-hybridized carbons (Fsp3) is 0.600. The second kappa shape index (κ2) is 7.29. The van der Waals surface area contributed by atoms with E-state index in [0.29, 0.717) is 48.8 Å². The molecule has 3 saturated heterocycles. The molecule has 3 fully saturated rings. The molecule has 5 rings (SSSR count). The molecule has 2 bridgehead atoms. The van der Waals surface area contributed by atoms with Crippen LogP contribution in [0.5, 0.6) is 0 Å². The predicted molar refractivity (Wildman–Crippen MR) is 104 cm³/mol. The maximum atomic E-state index is 13.3. The van der Waals surface area contributed by atoms with Gasteiger partial charge >= 0.3 is 5.69 Å². The number of aromatic amines is 2. The molecule has 29 heavy (non-hydrogen) atoms. The number of pyridine rings is 1. The van der Waals surface area contributed by atoms with Crippen LogP contribution in [0.3, 0.4) is 0 Å². The molecular formula is C20H25N5O4. The summed E-state index contributed by atoms with van der Waals surface area (Å²) in [6.07, 6.45) is 5.67. The van der Waals surface area contributed by atoms with Gasteiger partial charge in [-0.15, -0.1) is 0 Å². The van der Waals surface area contributed by atoms with Gasteiger partial charge in [0.15, 0.2) is 5.65 Å². The van der Waals surface area contributed by atoms with Gasteiger partial charge in [-0.3, -0.25) is 14.6 Å². The van der Waals surface area contributed by atoms with Crippen molar-refractivity contribution >= 4 is 23.0 Å². The summed E-state index contributed by atoms with van der Waals surface area (Å²) in [7, 11) is 0. The molecule has 2 amide bonds. The summed E-state index contributed by atoms with van der Waals surface area (Å²) in [6.45, 7) is 2.70. The topological polar surface area (TPSA) is 111 Å². The minimum absolute atomic E-state index is 0.0275.